The summed E-state index contributed by atoms with van der Waals surface area (Å²) in [6.45, 7) is 6.82. The number of methoxy groups -OCH3 is 1. The monoisotopic (exact) mass is 232 g/mol. The molecule has 0 aromatic carbocycles. The van der Waals surface area contributed by atoms with Crippen molar-refractivity contribution in [2.75, 3.05) is 59.7 Å². The zero-order valence-corrected chi connectivity index (χ0v) is 10.2. The van der Waals surface area contributed by atoms with E-state index in [0.717, 1.165) is 59.0 Å². The lowest BCUT2D eigenvalue weighted by Crippen LogP contribution is -2.38. The molecule has 0 aromatic heterocycles. The highest BCUT2D eigenvalue weighted by atomic mass is 16.6. The Bertz CT molecular complexity index is 152. The van der Waals surface area contributed by atoms with E-state index in [9.17, 15) is 0 Å². The van der Waals surface area contributed by atoms with Crippen molar-refractivity contribution in [2.45, 2.75) is 12.5 Å². The third kappa shape index (κ3) is 7.14. The van der Waals surface area contributed by atoms with Crippen LogP contribution in [0.25, 0.3) is 0 Å². The van der Waals surface area contributed by atoms with Gasteiger partial charge in [0.1, 0.15) is 0 Å². The summed E-state index contributed by atoms with van der Waals surface area (Å²) < 4.78 is 15.8. The van der Waals surface area contributed by atoms with Gasteiger partial charge in [-0.15, -0.1) is 0 Å². The summed E-state index contributed by atoms with van der Waals surface area (Å²) in [6.07, 6.45) is 1.35. The van der Waals surface area contributed by atoms with E-state index in [1.165, 1.54) is 0 Å². The van der Waals surface area contributed by atoms with E-state index in [1.54, 1.807) is 7.11 Å². The van der Waals surface area contributed by atoms with Crippen molar-refractivity contribution in [3.05, 3.63) is 0 Å². The summed E-state index contributed by atoms with van der Waals surface area (Å²) in [4.78, 5) is 0. The first-order valence-electron chi connectivity index (χ1n) is 6.03. The van der Waals surface area contributed by atoms with Crippen LogP contribution >= 0.6 is 0 Å². The van der Waals surface area contributed by atoms with Crippen LogP contribution in [0.4, 0.5) is 0 Å². The molecule has 0 aromatic rings. The Morgan fingerprint density at radius 1 is 1.19 bits per heavy atom. The first-order valence-corrected chi connectivity index (χ1v) is 6.03. The maximum absolute atomic E-state index is 5.52. The molecule has 0 saturated carbocycles. The number of ether oxygens (including phenoxy) is 3. The first-order chi connectivity index (χ1) is 7.93. The lowest BCUT2D eigenvalue weighted by atomic mass is 10.3. The van der Waals surface area contributed by atoms with Gasteiger partial charge >= 0.3 is 0 Å². The minimum atomic E-state index is 0.232. The molecular formula is C11H24N2O3. The van der Waals surface area contributed by atoms with E-state index in [1.807, 2.05) is 0 Å². The molecule has 1 rings (SSSR count). The minimum Gasteiger partial charge on any atom is -0.383 e. The minimum absolute atomic E-state index is 0.232. The molecule has 1 heterocycles. The molecule has 0 spiro atoms. The molecule has 1 aliphatic heterocycles. The molecule has 1 unspecified atom stereocenters. The van der Waals surface area contributed by atoms with Crippen molar-refractivity contribution in [1.82, 2.24) is 10.6 Å². The van der Waals surface area contributed by atoms with Crippen molar-refractivity contribution < 1.29 is 14.2 Å². The Morgan fingerprint density at radius 3 is 2.81 bits per heavy atom. The van der Waals surface area contributed by atoms with Crippen LogP contribution in [0, 0.1) is 0 Å². The summed E-state index contributed by atoms with van der Waals surface area (Å²) in [6, 6.07) is 0. The Labute approximate surface area is 97.8 Å². The Morgan fingerprint density at radius 2 is 2.06 bits per heavy atom. The van der Waals surface area contributed by atoms with Gasteiger partial charge in [-0.2, -0.15) is 0 Å². The van der Waals surface area contributed by atoms with Crippen LogP contribution in [0.3, 0.4) is 0 Å². The number of nitrogens with one attached hydrogen (secondary N) is 2. The largest absolute Gasteiger partial charge is 0.383 e. The zero-order valence-electron chi connectivity index (χ0n) is 10.2. The van der Waals surface area contributed by atoms with Gasteiger partial charge in [-0.25, -0.2) is 0 Å². The third-order valence-electron chi connectivity index (χ3n) is 2.45. The highest BCUT2D eigenvalue weighted by Crippen LogP contribution is 1.98. The summed E-state index contributed by atoms with van der Waals surface area (Å²) >= 11 is 0. The fraction of sp³-hybridized carbons (Fsp3) is 1.00. The average molecular weight is 232 g/mol. The second-order valence-electron chi connectivity index (χ2n) is 3.87. The van der Waals surface area contributed by atoms with Crippen LogP contribution in [-0.4, -0.2) is 65.8 Å². The van der Waals surface area contributed by atoms with E-state index in [-0.39, 0.29) is 6.10 Å². The molecular weight excluding hydrogens is 208 g/mol. The Hall–Kier alpha value is -0.200. The molecule has 16 heavy (non-hydrogen) atoms. The third-order valence-corrected chi connectivity index (χ3v) is 2.45. The molecule has 1 fully saturated rings. The van der Waals surface area contributed by atoms with Crippen molar-refractivity contribution in [2.24, 2.45) is 0 Å². The van der Waals surface area contributed by atoms with Gasteiger partial charge in [0, 0.05) is 20.2 Å². The molecule has 1 aliphatic rings. The summed E-state index contributed by atoms with van der Waals surface area (Å²) in [5.74, 6) is 0. The van der Waals surface area contributed by atoms with Gasteiger partial charge in [0.25, 0.3) is 0 Å². The number of hydrogen-bond acceptors (Lipinski definition) is 5. The molecule has 1 saturated heterocycles. The maximum Gasteiger partial charge on any atom is 0.0933 e. The predicted molar refractivity (Wildman–Crippen MR) is 62.8 cm³/mol. The standard InChI is InChI=1S/C11H24N2O3/c1-14-6-5-12-3-2-4-13-9-11-10-15-7-8-16-11/h11-13H,2-10H2,1H3. The SMILES string of the molecule is COCCNCCCNCC1COCCO1. The number of hydrogen-bond donors (Lipinski definition) is 2. The van der Waals surface area contributed by atoms with Crippen LogP contribution in [-0.2, 0) is 14.2 Å². The van der Waals surface area contributed by atoms with Crippen LogP contribution in [0.15, 0.2) is 0 Å². The summed E-state index contributed by atoms with van der Waals surface area (Å²) in [5.41, 5.74) is 0. The molecule has 5 nitrogen and oxygen atoms in total. The molecule has 0 aliphatic carbocycles. The topological polar surface area (TPSA) is 51.8 Å². The molecule has 96 valence electrons. The van der Waals surface area contributed by atoms with E-state index in [2.05, 4.69) is 10.6 Å². The molecule has 5 heteroatoms. The fourth-order valence-electron chi connectivity index (χ4n) is 1.56. The zero-order chi connectivity index (χ0) is 11.5. The fourth-order valence-corrected chi connectivity index (χ4v) is 1.56. The highest BCUT2D eigenvalue weighted by molar-refractivity contribution is 4.64. The van der Waals surface area contributed by atoms with Crippen LogP contribution in [0.2, 0.25) is 0 Å². The Kier molecular flexibility index (Phi) is 8.65. The van der Waals surface area contributed by atoms with Gasteiger partial charge in [0.2, 0.25) is 0 Å². The van der Waals surface area contributed by atoms with Crippen LogP contribution in [0.5, 0.6) is 0 Å². The van der Waals surface area contributed by atoms with Crippen LogP contribution in [0.1, 0.15) is 6.42 Å². The quantitative estimate of drug-likeness (QED) is 0.531. The van der Waals surface area contributed by atoms with Gasteiger partial charge in [-0.3, -0.25) is 0 Å². The normalized spacial score (nSPS) is 21.2. The van der Waals surface area contributed by atoms with E-state index >= 15 is 0 Å². The second kappa shape index (κ2) is 9.99. The predicted octanol–water partition coefficient (Wildman–Crippen LogP) is -0.382. The summed E-state index contributed by atoms with van der Waals surface area (Å²) in [7, 11) is 1.72. The lowest BCUT2D eigenvalue weighted by molar-refractivity contribution is -0.0862. The lowest BCUT2D eigenvalue weighted by Gasteiger charge is -2.23. The summed E-state index contributed by atoms with van der Waals surface area (Å²) in [5, 5.41) is 6.67. The average Bonchev–Trinajstić information content (AvgIpc) is 2.34. The van der Waals surface area contributed by atoms with Gasteiger partial charge in [-0.1, -0.05) is 0 Å². The van der Waals surface area contributed by atoms with Crippen molar-refractivity contribution in [3.63, 3.8) is 0 Å². The van der Waals surface area contributed by atoms with E-state index in [0.29, 0.717) is 0 Å². The maximum atomic E-state index is 5.52. The highest BCUT2D eigenvalue weighted by Gasteiger charge is 2.12. The first kappa shape index (κ1) is 13.9. The van der Waals surface area contributed by atoms with E-state index < -0.39 is 0 Å². The second-order valence-corrected chi connectivity index (χ2v) is 3.87. The Balaban J connectivity index is 1.77. The van der Waals surface area contributed by atoms with Gasteiger partial charge in [0.05, 0.1) is 32.5 Å². The van der Waals surface area contributed by atoms with Gasteiger partial charge in [-0.05, 0) is 19.5 Å². The van der Waals surface area contributed by atoms with E-state index in [4.69, 9.17) is 14.2 Å². The molecule has 1 atom stereocenters. The van der Waals surface area contributed by atoms with Crippen molar-refractivity contribution in [1.29, 1.82) is 0 Å². The molecule has 0 radical (unpaired) electrons. The molecule has 2 N–H and O–H groups in total. The van der Waals surface area contributed by atoms with Gasteiger partial charge < -0.3 is 24.8 Å². The smallest absolute Gasteiger partial charge is 0.0933 e. The van der Waals surface area contributed by atoms with Crippen LogP contribution < -0.4 is 10.6 Å². The van der Waals surface area contributed by atoms with Gasteiger partial charge in [0.15, 0.2) is 0 Å². The molecule has 0 amide bonds. The number of rotatable bonds is 9. The van der Waals surface area contributed by atoms with Crippen molar-refractivity contribution in [3.8, 4) is 0 Å². The molecule has 0 bridgehead atoms. The van der Waals surface area contributed by atoms with Crippen molar-refractivity contribution >= 4 is 0 Å².